The van der Waals surface area contributed by atoms with Gasteiger partial charge in [-0.1, -0.05) is 6.07 Å². The second-order valence-electron chi connectivity index (χ2n) is 5.64. The van der Waals surface area contributed by atoms with E-state index in [1.165, 1.54) is 0 Å². The zero-order valence-electron chi connectivity index (χ0n) is 13.1. The van der Waals surface area contributed by atoms with E-state index in [0.29, 0.717) is 10.3 Å². The molecule has 0 saturated carbocycles. The minimum atomic E-state index is -1.41. The molecule has 1 rings (SSSR count). The van der Waals surface area contributed by atoms with Gasteiger partial charge in [-0.25, -0.2) is 13.9 Å². The average molecular weight is 392 g/mol. The van der Waals surface area contributed by atoms with E-state index in [0.717, 1.165) is 0 Å². The Balaban J connectivity index is 3.10. The molecule has 0 unspecified atom stereocenters. The molecule has 0 saturated heterocycles. The zero-order chi connectivity index (χ0) is 16.9. The SMILES string of the molecule is CCOC(=O)[C@@H](N)[C@H](N[S@@](=O)C(C)(C)C)c1cccc(Br)n1. The first-order chi connectivity index (χ1) is 10.2. The largest absolute Gasteiger partial charge is 0.465 e. The van der Waals surface area contributed by atoms with Gasteiger partial charge in [0.2, 0.25) is 0 Å². The van der Waals surface area contributed by atoms with Gasteiger partial charge in [0, 0.05) is 0 Å². The van der Waals surface area contributed by atoms with Crippen molar-refractivity contribution in [2.24, 2.45) is 5.73 Å². The van der Waals surface area contributed by atoms with Crippen LogP contribution in [0.1, 0.15) is 39.4 Å². The van der Waals surface area contributed by atoms with Crippen LogP contribution in [-0.4, -0.2) is 32.6 Å². The fourth-order valence-electron chi connectivity index (χ4n) is 1.58. The lowest BCUT2D eigenvalue weighted by atomic mass is 10.1. The Morgan fingerprint density at radius 3 is 2.64 bits per heavy atom. The van der Waals surface area contributed by atoms with Gasteiger partial charge in [0.25, 0.3) is 0 Å². The molecule has 22 heavy (non-hydrogen) atoms. The highest BCUT2D eigenvalue weighted by atomic mass is 79.9. The molecule has 0 bridgehead atoms. The number of esters is 1. The number of ether oxygens (including phenoxy) is 1. The maximum absolute atomic E-state index is 12.4. The maximum atomic E-state index is 12.4. The number of nitrogens with two attached hydrogens (primary N) is 1. The molecule has 1 heterocycles. The van der Waals surface area contributed by atoms with Gasteiger partial charge >= 0.3 is 5.97 Å². The number of nitrogens with zero attached hydrogens (tertiary/aromatic N) is 1. The Bertz CT molecular complexity index is 548. The molecule has 0 spiro atoms. The van der Waals surface area contributed by atoms with Gasteiger partial charge in [0.15, 0.2) is 0 Å². The summed E-state index contributed by atoms with van der Waals surface area (Å²) in [6.45, 7) is 7.43. The Kier molecular flexibility index (Phi) is 7.11. The van der Waals surface area contributed by atoms with Crippen molar-refractivity contribution in [1.82, 2.24) is 9.71 Å². The summed E-state index contributed by atoms with van der Waals surface area (Å²) in [6.07, 6.45) is 0. The normalized spacial score (nSPS) is 15.9. The van der Waals surface area contributed by atoms with Crippen molar-refractivity contribution in [3.05, 3.63) is 28.5 Å². The molecule has 0 fully saturated rings. The van der Waals surface area contributed by atoms with Crippen molar-refractivity contribution in [3.63, 3.8) is 0 Å². The summed E-state index contributed by atoms with van der Waals surface area (Å²) in [4.78, 5) is 16.3. The van der Waals surface area contributed by atoms with Crippen molar-refractivity contribution >= 4 is 32.9 Å². The molecule has 0 radical (unpaired) electrons. The Hall–Kier alpha value is -0.830. The highest BCUT2D eigenvalue weighted by Gasteiger charge is 2.32. The lowest BCUT2D eigenvalue weighted by Crippen LogP contribution is -2.48. The minimum Gasteiger partial charge on any atom is -0.465 e. The number of hydrogen-bond acceptors (Lipinski definition) is 5. The van der Waals surface area contributed by atoms with Crippen LogP contribution < -0.4 is 10.5 Å². The van der Waals surface area contributed by atoms with Crippen LogP contribution in [0.2, 0.25) is 0 Å². The Morgan fingerprint density at radius 2 is 2.14 bits per heavy atom. The first kappa shape index (κ1) is 19.2. The minimum absolute atomic E-state index is 0.230. The van der Waals surface area contributed by atoms with Crippen molar-refractivity contribution in [2.75, 3.05) is 6.61 Å². The van der Waals surface area contributed by atoms with Crippen molar-refractivity contribution in [1.29, 1.82) is 0 Å². The van der Waals surface area contributed by atoms with Crippen LogP contribution in [0.4, 0.5) is 0 Å². The third kappa shape index (κ3) is 5.42. The van der Waals surface area contributed by atoms with Crippen LogP contribution in [0.3, 0.4) is 0 Å². The van der Waals surface area contributed by atoms with Crippen LogP contribution in [0.5, 0.6) is 0 Å². The molecule has 0 aliphatic rings. The smallest absolute Gasteiger partial charge is 0.324 e. The number of rotatable bonds is 6. The number of aromatic nitrogens is 1. The van der Waals surface area contributed by atoms with Gasteiger partial charge < -0.3 is 10.5 Å². The average Bonchev–Trinajstić information content (AvgIpc) is 2.42. The van der Waals surface area contributed by atoms with E-state index in [1.54, 1.807) is 25.1 Å². The lowest BCUT2D eigenvalue weighted by Gasteiger charge is -2.27. The van der Waals surface area contributed by atoms with Crippen LogP contribution >= 0.6 is 15.9 Å². The number of nitrogens with one attached hydrogen (secondary N) is 1. The fraction of sp³-hybridized carbons (Fsp3) is 0.571. The third-order valence-corrected chi connectivity index (χ3v) is 4.79. The molecule has 1 aromatic heterocycles. The third-order valence-electron chi connectivity index (χ3n) is 2.76. The summed E-state index contributed by atoms with van der Waals surface area (Å²) in [5.74, 6) is -0.562. The molecular formula is C14H22BrN3O3S. The molecule has 0 aliphatic heterocycles. The second kappa shape index (κ2) is 8.14. The Labute approximate surface area is 141 Å². The van der Waals surface area contributed by atoms with Gasteiger partial charge in [-0.05, 0) is 55.8 Å². The van der Waals surface area contributed by atoms with Crippen molar-refractivity contribution in [2.45, 2.75) is 44.5 Å². The van der Waals surface area contributed by atoms with Gasteiger partial charge in [-0.2, -0.15) is 0 Å². The molecule has 0 aliphatic carbocycles. The number of pyridine rings is 1. The first-order valence-corrected chi connectivity index (χ1v) is 8.83. The molecule has 3 atom stereocenters. The van der Waals surface area contributed by atoms with E-state index in [1.807, 2.05) is 20.8 Å². The molecule has 0 amide bonds. The van der Waals surface area contributed by atoms with E-state index in [9.17, 15) is 9.00 Å². The molecule has 0 aromatic carbocycles. The highest BCUT2D eigenvalue weighted by Crippen LogP contribution is 2.20. The van der Waals surface area contributed by atoms with E-state index >= 15 is 0 Å². The topological polar surface area (TPSA) is 94.3 Å². The summed E-state index contributed by atoms with van der Waals surface area (Å²) >= 11 is 3.28. The van der Waals surface area contributed by atoms with E-state index in [2.05, 4.69) is 25.6 Å². The second-order valence-corrected chi connectivity index (χ2v) is 8.45. The van der Waals surface area contributed by atoms with Gasteiger partial charge in [-0.3, -0.25) is 4.79 Å². The van der Waals surface area contributed by atoms with Crippen LogP contribution in [0, 0.1) is 0 Å². The van der Waals surface area contributed by atoms with Crippen LogP contribution in [0.25, 0.3) is 0 Å². The van der Waals surface area contributed by atoms with Gasteiger partial charge in [-0.15, -0.1) is 0 Å². The summed E-state index contributed by atoms with van der Waals surface area (Å²) in [5, 5.41) is 0. The van der Waals surface area contributed by atoms with Gasteiger partial charge in [0.05, 0.1) is 34.1 Å². The molecular weight excluding hydrogens is 370 g/mol. The van der Waals surface area contributed by atoms with Crippen molar-refractivity contribution in [3.8, 4) is 0 Å². The molecule has 3 N–H and O–H groups in total. The fourth-order valence-corrected chi connectivity index (χ4v) is 2.79. The van der Waals surface area contributed by atoms with E-state index < -0.39 is 33.8 Å². The number of carbonyl (C=O) groups is 1. The highest BCUT2D eigenvalue weighted by molar-refractivity contribution is 9.10. The molecule has 8 heteroatoms. The van der Waals surface area contributed by atoms with Crippen LogP contribution in [-0.2, 0) is 20.5 Å². The predicted molar refractivity (Wildman–Crippen MR) is 90.3 cm³/mol. The molecule has 124 valence electrons. The summed E-state index contributed by atoms with van der Waals surface area (Å²) in [5.41, 5.74) is 6.52. The Morgan fingerprint density at radius 1 is 1.50 bits per heavy atom. The maximum Gasteiger partial charge on any atom is 0.324 e. The lowest BCUT2D eigenvalue weighted by molar-refractivity contribution is -0.145. The number of halogens is 1. The quantitative estimate of drug-likeness (QED) is 0.569. The predicted octanol–water partition coefficient (Wildman–Crippen LogP) is 1.83. The van der Waals surface area contributed by atoms with E-state index in [-0.39, 0.29) is 6.61 Å². The number of hydrogen-bond donors (Lipinski definition) is 2. The molecule has 6 nitrogen and oxygen atoms in total. The first-order valence-electron chi connectivity index (χ1n) is 6.89. The summed E-state index contributed by atoms with van der Waals surface area (Å²) in [7, 11) is -1.41. The summed E-state index contributed by atoms with van der Waals surface area (Å²) in [6, 6.07) is 3.54. The molecule has 1 aromatic rings. The standard InChI is InChI=1S/C14H22BrN3O3S/c1-5-21-13(19)11(16)12(18-22(20)14(2,3)4)9-7-6-8-10(15)17-9/h6-8,11-12,18H,5,16H2,1-4H3/t11-,12+,22-/m0/s1. The van der Waals surface area contributed by atoms with Gasteiger partial charge in [0.1, 0.15) is 10.6 Å². The monoisotopic (exact) mass is 391 g/mol. The van der Waals surface area contributed by atoms with E-state index in [4.69, 9.17) is 10.5 Å². The summed E-state index contributed by atoms with van der Waals surface area (Å²) < 4.78 is 20.3. The van der Waals surface area contributed by atoms with Crippen molar-refractivity contribution < 1.29 is 13.7 Å². The van der Waals surface area contributed by atoms with Crippen LogP contribution in [0.15, 0.2) is 22.8 Å². The number of carbonyl (C=O) groups excluding carboxylic acids is 1. The zero-order valence-corrected chi connectivity index (χ0v) is 15.5.